The van der Waals surface area contributed by atoms with E-state index in [1.165, 1.54) is 22.9 Å². The molecule has 2 aromatic heterocycles. The third kappa shape index (κ3) is 5.81. The van der Waals surface area contributed by atoms with Crippen LogP contribution in [0.5, 0.6) is 5.75 Å². The van der Waals surface area contributed by atoms with Gasteiger partial charge in [-0.15, -0.1) is 0 Å². The van der Waals surface area contributed by atoms with Crippen LogP contribution in [0, 0.1) is 11.7 Å². The zero-order valence-corrected chi connectivity index (χ0v) is 21.6. The Bertz CT molecular complexity index is 1350. The molecule has 1 aromatic carbocycles. The summed E-state index contributed by atoms with van der Waals surface area (Å²) < 4.78 is 21.3. The number of carboxylic acid groups (broad SMARTS) is 1. The van der Waals surface area contributed by atoms with E-state index in [4.69, 9.17) is 14.7 Å². The smallest absolute Gasteiger partial charge is 0.354 e. The summed E-state index contributed by atoms with van der Waals surface area (Å²) in [5.74, 6) is 0.726. The number of carboxylic acids is 1. The van der Waals surface area contributed by atoms with Crippen molar-refractivity contribution in [3.05, 3.63) is 53.2 Å². The second-order valence-corrected chi connectivity index (χ2v) is 10.5. The summed E-state index contributed by atoms with van der Waals surface area (Å²) in [6.07, 6.45) is 1.14. The number of hydrogen-bond acceptors (Lipinski definition) is 7. The molecule has 9 nitrogen and oxygen atoms in total. The summed E-state index contributed by atoms with van der Waals surface area (Å²) in [6, 6.07) is 7.14. The lowest BCUT2D eigenvalue weighted by Crippen LogP contribution is -2.39. The molecule has 0 amide bonds. The molecular formula is C27H31FN4O5. The molecule has 0 radical (unpaired) electrons. The van der Waals surface area contributed by atoms with Crippen LogP contribution in [-0.2, 0) is 9.63 Å². The van der Waals surface area contributed by atoms with E-state index < -0.39 is 17.4 Å². The Kier molecular flexibility index (Phi) is 7.34. The molecular weight excluding hydrogens is 479 g/mol. The molecule has 3 aromatic rings. The van der Waals surface area contributed by atoms with E-state index >= 15 is 0 Å². The lowest BCUT2D eigenvalue weighted by atomic mass is 9.96. The van der Waals surface area contributed by atoms with Gasteiger partial charge in [0.2, 0.25) is 0 Å². The highest BCUT2D eigenvalue weighted by Crippen LogP contribution is 2.35. The molecule has 1 unspecified atom stereocenters. The number of halogens is 1. The molecule has 196 valence electrons. The number of ether oxygens (including phenoxy) is 1. The van der Waals surface area contributed by atoms with Gasteiger partial charge in [-0.1, -0.05) is 13.8 Å². The standard InChI is InChI=1S/C27H31FN4O5/c1-16(2)24-23-22(36-15-17-10-11-31(20(12-17)14-33)37-27(3,4)5)13-21(26(34)35)29-25(23)32(30-24)19-8-6-18(28)7-9-19/h6-9,13,16-17H,10-12,15H2,1-5H3,(H,34,35). The van der Waals surface area contributed by atoms with Crippen LogP contribution in [0.1, 0.15) is 69.6 Å². The minimum Gasteiger partial charge on any atom is -0.492 e. The van der Waals surface area contributed by atoms with Crippen LogP contribution in [0.2, 0.25) is 0 Å². The van der Waals surface area contributed by atoms with Crippen LogP contribution in [0.3, 0.4) is 0 Å². The lowest BCUT2D eigenvalue weighted by molar-refractivity contribution is -0.216. The van der Waals surface area contributed by atoms with Crippen LogP contribution < -0.4 is 4.74 Å². The molecule has 1 saturated heterocycles. The SMILES string of the molecule is CC(C)c1nn(-c2ccc(F)cc2)c2nc(C(=O)O)cc(OCC3CCN(OC(C)(C)C)C(=C=O)C3)c12. The molecule has 3 heterocycles. The molecule has 1 aliphatic heterocycles. The topological polar surface area (TPSA) is 107 Å². The molecule has 4 rings (SSSR count). The first kappa shape index (κ1) is 26.3. The Hall–Kier alpha value is -3.75. The van der Waals surface area contributed by atoms with Crippen molar-refractivity contribution >= 4 is 22.9 Å². The average Bonchev–Trinajstić information content (AvgIpc) is 3.23. The van der Waals surface area contributed by atoms with Crippen molar-refractivity contribution in [2.45, 2.75) is 59.0 Å². The Labute approximate surface area is 214 Å². The number of carbonyl (C=O) groups excluding carboxylic acids is 1. The van der Waals surface area contributed by atoms with Gasteiger partial charge in [-0.3, -0.25) is 4.84 Å². The first-order valence-electron chi connectivity index (χ1n) is 12.2. The van der Waals surface area contributed by atoms with Crippen LogP contribution in [0.25, 0.3) is 16.7 Å². The van der Waals surface area contributed by atoms with Gasteiger partial charge >= 0.3 is 5.97 Å². The molecule has 0 saturated carbocycles. The summed E-state index contributed by atoms with van der Waals surface area (Å²) in [6.45, 7) is 10.5. The molecule has 0 aliphatic carbocycles. The number of piperidine rings is 1. The number of rotatable bonds is 7. The summed E-state index contributed by atoms with van der Waals surface area (Å²) in [5, 5.41) is 16.6. The van der Waals surface area contributed by atoms with E-state index in [0.717, 1.165) is 0 Å². The highest BCUT2D eigenvalue weighted by Gasteiger charge is 2.29. The quantitative estimate of drug-likeness (QED) is 0.447. The predicted octanol–water partition coefficient (Wildman–Crippen LogP) is 4.92. The second-order valence-electron chi connectivity index (χ2n) is 10.5. The highest BCUT2D eigenvalue weighted by atomic mass is 19.1. The first-order valence-corrected chi connectivity index (χ1v) is 12.2. The van der Waals surface area contributed by atoms with Gasteiger partial charge in [0.25, 0.3) is 0 Å². The molecule has 37 heavy (non-hydrogen) atoms. The first-order chi connectivity index (χ1) is 17.5. The van der Waals surface area contributed by atoms with Gasteiger partial charge in [-0.25, -0.2) is 28.7 Å². The fraction of sp³-hybridized carbons (Fsp3) is 0.444. The fourth-order valence-corrected chi connectivity index (χ4v) is 4.28. The number of allylic oxidation sites excluding steroid dienone is 1. The number of fused-ring (bicyclic) bond motifs is 1. The van der Waals surface area contributed by atoms with Crippen LogP contribution in [0.4, 0.5) is 4.39 Å². The Balaban J connectivity index is 1.68. The van der Waals surface area contributed by atoms with E-state index in [2.05, 4.69) is 4.98 Å². The molecule has 10 heteroatoms. The van der Waals surface area contributed by atoms with E-state index in [9.17, 15) is 19.1 Å². The predicted molar refractivity (Wildman–Crippen MR) is 135 cm³/mol. The molecule has 0 bridgehead atoms. The number of carbonyl (C=O) groups is 1. The van der Waals surface area contributed by atoms with Gasteiger partial charge in [0.05, 0.1) is 29.0 Å². The molecule has 1 aliphatic rings. The monoisotopic (exact) mass is 510 g/mol. The summed E-state index contributed by atoms with van der Waals surface area (Å²) >= 11 is 0. The summed E-state index contributed by atoms with van der Waals surface area (Å²) in [5.41, 5.74) is 1.33. The number of pyridine rings is 1. The highest BCUT2D eigenvalue weighted by molar-refractivity contribution is 5.94. The maximum absolute atomic E-state index is 13.5. The molecule has 1 N–H and O–H groups in total. The molecule has 1 fully saturated rings. The lowest BCUT2D eigenvalue weighted by Gasteiger charge is -2.36. The number of nitrogens with zero attached hydrogens (tertiary/aromatic N) is 4. The normalized spacial score (nSPS) is 16.4. The van der Waals surface area contributed by atoms with Crippen LogP contribution >= 0.6 is 0 Å². The average molecular weight is 511 g/mol. The maximum Gasteiger partial charge on any atom is 0.354 e. The molecule has 1 atom stereocenters. The number of hydrogen-bond donors (Lipinski definition) is 1. The Morgan fingerprint density at radius 2 is 1.97 bits per heavy atom. The zero-order valence-electron chi connectivity index (χ0n) is 21.6. The van der Waals surface area contributed by atoms with E-state index in [-0.39, 0.29) is 24.1 Å². The van der Waals surface area contributed by atoms with Crippen molar-refractivity contribution < 1.29 is 28.7 Å². The second kappa shape index (κ2) is 10.3. The van der Waals surface area contributed by atoms with Gasteiger partial charge in [-0.05, 0) is 57.4 Å². The maximum atomic E-state index is 13.5. The number of aromatic nitrogens is 3. The van der Waals surface area contributed by atoms with E-state index in [1.807, 2.05) is 40.6 Å². The van der Waals surface area contributed by atoms with E-state index in [0.29, 0.717) is 53.2 Å². The van der Waals surface area contributed by atoms with Crippen molar-refractivity contribution in [1.82, 2.24) is 19.8 Å². The fourth-order valence-electron chi connectivity index (χ4n) is 4.28. The van der Waals surface area contributed by atoms with Crippen molar-refractivity contribution in [3.8, 4) is 11.4 Å². The Morgan fingerprint density at radius 3 is 2.57 bits per heavy atom. The summed E-state index contributed by atoms with van der Waals surface area (Å²) in [4.78, 5) is 33.7. The van der Waals surface area contributed by atoms with Gasteiger partial charge in [0.1, 0.15) is 23.2 Å². The molecule has 0 spiro atoms. The number of hydroxylamine groups is 2. The third-order valence-electron chi connectivity index (χ3n) is 5.97. The third-order valence-corrected chi connectivity index (χ3v) is 5.97. The van der Waals surface area contributed by atoms with Crippen molar-refractivity contribution in [3.63, 3.8) is 0 Å². The van der Waals surface area contributed by atoms with Crippen molar-refractivity contribution in [2.75, 3.05) is 13.2 Å². The van der Waals surface area contributed by atoms with Gasteiger partial charge in [0.15, 0.2) is 11.3 Å². The number of aromatic carboxylic acids is 1. The minimum atomic E-state index is -1.21. The van der Waals surface area contributed by atoms with Gasteiger partial charge in [0, 0.05) is 24.9 Å². The largest absolute Gasteiger partial charge is 0.492 e. The van der Waals surface area contributed by atoms with Crippen molar-refractivity contribution in [1.29, 1.82) is 0 Å². The number of benzene rings is 1. The summed E-state index contributed by atoms with van der Waals surface area (Å²) in [7, 11) is 0. The van der Waals surface area contributed by atoms with Gasteiger partial charge < -0.3 is 9.84 Å². The zero-order chi connectivity index (χ0) is 26.9. The van der Waals surface area contributed by atoms with Gasteiger partial charge in [-0.2, -0.15) is 5.10 Å². The van der Waals surface area contributed by atoms with Crippen LogP contribution in [0.15, 0.2) is 36.0 Å². The van der Waals surface area contributed by atoms with Crippen LogP contribution in [-0.4, -0.2) is 55.6 Å². The minimum absolute atomic E-state index is 0.00223. The van der Waals surface area contributed by atoms with Crippen molar-refractivity contribution in [2.24, 2.45) is 5.92 Å². The Morgan fingerprint density at radius 1 is 1.27 bits per heavy atom. The van der Waals surface area contributed by atoms with E-state index in [1.54, 1.807) is 17.2 Å².